The number of ether oxygens (including phenoxy) is 1. The van der Waals surface area contributed by atoms with Crippen LogP contribution in [0.3, 0.4) is 0 Å². The zero-order valence-electron chi connectivity index (χ0n) is 9.70. The molecular weight excluding hydrogens is 297 g/mol. The third kappa shape index (κ3) is 3.55. The van der Waals surface area contributed by atoms with Crippen LogP contribution in [-0.2, 0) is 18.0 Å². The molecule has 2 nitrogen and oxygen atoms in total. The molecule has 0 aliphatic carbocycles. The van der Waals surface area contributed by atoms with E-state index >= 15 is 0 Å². The van der Waals surface area contributed by atoms with Gasteiger partial charge in [-0.05, 0) is 29.8 Å². The van der Waals surface area contributed by atoms with E-state index in [1.165, 1.54) is 12.1 Å². The van der Waals surface area contributed by atoms with Crippen LogP contribution in [0.1, 0.15) is 11.1 Å². The molecule has 2 aromatic carbocycles. The summed E-state index contributed by atoms with van der Waals surface area (Å²) in [5.74, 6) is -0.329. The van der Waals surface area contributed by atoms with Gasteiger partial charge in [0.1, 0.15) is 5.82 Å². The molecule has 0 aliphatic heterocycles. The average molecular weight is 310 g/mol. The van der Waals surface area contributed by atoms with E-state index in [1.807, 2.05) is 24.3 Å². The maximum absolute atomic E-state index is 12.8. The minimum atomic E-state index is -0.329. The van der Waals surface area contributed by atoms with Crippen molar-refractivity contribution in [3.63, 3.8) is 0 Å². The molecule has 0 aliphatic rings. The third-order valence-corrected chi connectivity index (χ3v) is 3.08. The first-order valence-corrected chi connectivity index (χ1v) is 6.30. The van der Waals surface area contributed by atoms with Crippen molar-refractivity contribution in [2.45, 2.75) is 13.2 Å². The molecule has 0 spiro atoms. The van der Waals surface area contributed by atoms with Crippen molar-refractivity contribution < 1.29 is 9.13 Å². The number of anilines is 1. The van der Waals surface area contributed by atoms with Crippen LogP contribution < -0.4 is 5.73 Å². The van der Waals surface area contributed by atoms with Gasteiger partial charge in [-0.15, -0.1) is 0 Å². The summed E-state index contributed by atoms with van der Waals surface area (Å²) >= 11 is 3.37. The summed E-state index contributed by atoms with van der Waals surface area (Å²) in [6, 6.07) is 12.2. The predicted octanol–water partition coefficient (Wildman–Crippen LogP) is 3.89. The van der Waals surface area contributed by atoms with E-state index in [-0.39, 0.29) is 5.82 Å². The van der Waals surface area contributed by atoms with Gasteiger partial charge in [0.15, 0.2) is 0 Å². The molecule has 0 amide bonds. The van der Waals surface area contributed by atoms with Crippen molar-refractivity contribution in [3.05, 3.63) is 63.9 Å². The minimum absolute atomic E-state index is 0.329. The Morgan fingerprint density at radius 2 is 1.78 bits per heavy atom. The van der Waals surface area contributed by atoms with Gasteiger partial charge in [-0.3, -0.25) is 0 Å². The Morgan fingerprint density at radius 1 is 1.06 bits per heavy atom. The summed E-state index contributed by atoms with van der Waals surface area (Å²) < 4.78 is 19.4. The van der Waals surface area contributed by atoms with E-state index in [4.69, 9.17) is 10.5 Å². The fraction of sp³-hybridized carbons (Fsp3) is 0.143. The molecule has 2 N–H and O–H groups in total. The Morgan fingerprint density at radius 3 is 2.44 bits per heavy atom. The Bertz CT molecular complexity index is 528. The maximum Gasteiger partial charge on any atom is 0.125 e. The lowest BCUT2D eigenvalue weighted by molar-refractivity contribution is 0.107. The van der Waals surface area contributed by atoms with Gasteiger partial charge in [0.05, 0.1) is 13.2 Å². The summed E-state index contributed by atoms with van der Waals surface area (Å²) in [6.45, 7) is 0.881. The zero-order chi connectivity index (χ0) is 13.0. The molecule has 0 aromatic heterocycles. The van der Waals surface area contributed by atoms with E-state index in [2.05, 4.69) is 15.9 Å². The normalized spacial score (nSPS) is 10.6. The topological polar surface area (TPSA) is 35.2 Å². The molecule has 0 radical (unpaired) electrons. The van der Waals surface area contributed by atoms with Crippen molar-refractivity contribution in [1.82, 2.24) is 0 Å². The summed E-state index contributed by atoms with van der Waals surface area (Å²) in [6.07, 6.45) is 0. The lowest BCUT2D eigenvalue weighted by Gasteiger charge is -2.07. The molecule has 2 rings (SSSR count). The molecule has 0 saturated carbocycles. The molecule has 0 atom stereocenters. The fourth-order valence-electron chi connectivity index (χ4n) is 1.56. The highest BCUT2D eigenvalue weighted by molar-refractivity contribution is 9.10. The van der Waals surface area contributed by atoms with Crippen molar-refractivity contribution in [2.75, 3.05) is 5.73 Å². The zero-order valence-corrected chi connectivity index (χ0v) is 11.3. The highest BCUT2D eigenvalue weighted by atomic mass is 79.9. The number of hydrogen-bond acceptors (Lipinski definition) is 2. The quantitative estimate of drug-likeness (QED) is 0.870. The lowest BCUT2D eigenvalue weighted by atomic mass is 10.2. The van der Waals surface area contributed by atoms with Crippen LogP contribution in [-0.4, -0.2) is 0 Å². The first-order chi connectivity index (χ1) is 8.65. The van der Waals surface area contributed by atoms with Gasteiger partial charge >= 0.3 is 0 Å². The largest absolute Gasteiger partial charge is 0.398 e. The van der Waals surface area contributed by atoms with E-state index in [1.54, 1.807) is 6.07 Å². The van der Waals surface area contributed by atoms with Crippen molar-refractivity contribution in [3.8, 4) is 0 Å². The van der Waals surface area contributed by atoms with Crippen LogP contribution in [0.25, 0.3) is 0 Å². The van der Waals surface area contributed by atoms with Gasteiger partial charge in [0, 0.05) is 15.7 Å². The summed E-state index contributed by atoms with van der Waals surface area (Å²) in [7, 11) is 0. The van der Waals surface area contributed by atoms with Gasteiger partial charge < -0.3 is 10.5 Å². The second-order valence-electron chi connectivity index (χ2n) is 3.96. The smallest absolute Gasteiger partial charge is 0.125 e. The van der Waals surface area contributed by atoms with Crippen LogP contribution >= 0.6 is 15.9 Å². The van der Waals surface area contributed by atoms with Gasteiger partial charge in [-0.2, -0.15) is 0 Å². The van der Waals surface area contributed by atoms with E-state index < -0.39 is 0 Å². The second kappa shape index (κ2) is 5.98. The SMILES string of the molecule is Nc1cc(F)ccc1COCc1ccc(Br)cc1. The first-order valence-electron chi connectivity index (χ1n) is 5.51. The summed E-state index contributed by atoms with van der Waals surface area (Å²) in [4.78, 5) is 0. The van der Waals surface area contributed by atoms with Crippen LogP contribution in [0.15, 0.2) is 46.9 Å². The van der Waals surface area contributed by atoms with Gasteiger partial charge in [-0.25, -0.2) is 4.39 Å². The molecule has 0 fully saturated rings. The molecule has 18 heavy (non-hydrogen) atoms. The van der Waals surface area contributed by atoms with Crippen molar-refractivity contribution >= 4 is 21.6 Å². The number of hydrogen-bond donors (Lipinski definition) is 1. The summed E-state index contributed by atoms with van der Waals surface area (Å²) in [5, 5.41) is 0. The molecule has 0 unspecified atom stereocenters. The van der Waals surface area contributed by atoms with Gasteiger partial charge in [0.2, 0.25) is 0 Å². The van der Waals surface area contributed by atoms with E-state index in [0.29, 0.717) is 18.9 Å². The van der Waals surface area contributed by atoms with Gasteiger partial charge in [0.25, 0.3) is 0 Å². The fourth-order valence-corrected chi connectivity index (χ4v) is 1.82. The molecule has 0 heterocycles. The average Bonchev–Trinajstić information content (AvgIpc) is 2.34. The Hall–Kier alpha value is -1.39. The van der Waals surface area contributed by atoms with E-state index in [0.717, 1.165) is 15.6 Å². The third-order valence-electron chi connectivity index (χ3n) is 2.55. The first kappa shape index (κ1) is 13.1. The van der Waals surface area contributed by atoms with Crippen LogP contribution in [0, 0.1) is 5.82 Å². The number of benzene rings is 2. The Kier molecular flexibility index (Phi) is 4.33. The number of rotatable bonds is 4. The Balaban J connectivity index is 1.90. The molecule has 0 bridgehead atoms. The van der Waals surface area contributed by atoms with Gasteiger partial charge in [-0.1, -0.05) is 34.1 Å². The van der Waals surface area contributed by atoms with Crippen LogP contribution in [0.5, 0.6) is 0 Å². The maximum atomic E-state index is 12.8. The molecule has 0 saturated heterocycles. The summed E-state index contributed by atoms with van der Waals surface area (Å²) in [5.41, 5.74) is 8.00. The monoisotopic (exact) mass is 309 g/mol. The highest BCUT2D eigenvalue weighted by Gasteiger charge is 2.01. The van der Waals surface area contributed by atoms with Crippen LogP contribution in [0.4, 0.5) is 10.1 Å². The highest BCUT2D eigenvalue weighted by Crippen LogP contribution is 2.16. The van der Waals surface area contributed by atoms with E-state index in [9.17, 15) is 4.39 Å². The molecule has 4 heteroatoms. The number of nitrogen functional groups attached to an aromatic ring is 1. The standard InChI is InChI=1S/C14H13BrFNO/c15-12-4-1-10(2-5-12)8-18-9-11-3-6-13(16)7-14(11)17/h1-7H,8-9,17H2. The minimum Gasteiger partial charge on any atom is -0.398 e. The lowest BCUT2D eigenvalue weighted by Crippen LogP contribution is -1.99. The number of nitrogens with two attached hydrogens (primary N) is 1. The number of halogens is 2. The predicted molar refractivity (Wildman–Crippen MR) is 73.4 cm³/mol. The second-order valence-corrected chi connectivity index (χ2v) is 4.88. The van der Waals surface area contributed by atoms with Crippen LogP contribution in [0.2, 0.25) is 0 Å². The molecule has 2 aromatic rings. The molecule has 94 valence electrons. The van der Waals surface area contributed by atoms with Crippen molar-refractivity contribution in [1.29, 1.82) is 0 Å². The van der Waals surface area contributed by atoms with Crippen molar-refractivity contribution in [2.24, 2.45) is 0 Å². The Labute approximate surface area is 114 Å². The molecular formula is C14H13BrFNO.